The molecule has 1 saturated heterocycles. The number of nitrogens with one attached hydrogen (secondary N) is 1. The third kappa shape index (κ3) is 2.48. The van der Waals surface area contributed by atoms with Gasteiger partial charge in [0.1, 0.15) is 5.75 Å². The molecule has 20 heavy (non-hydrogen) atoms. The molecule has 2 heterocycles. The molecule has 0 spiro atoms. The zero-order valence-electron chi connectivity index (χ0n) is 11.5. The zero-order valence-corrected chi connectivity index (χ0v) is 11.5. The number of benzene rings is 1. The molecular formula is C15H18N2O3. The lowest BCUT2D eigenvalue weighted by Gasteiger charge is -2.30. The van der Waals surface area contributed by atoms with Crippen LogP contribution in [0.1, 0.15) is 28.8 Å². The van der Waals surface area contributed by atoms with Gasteiger partial charge in [-0.15, -0.1) is 0 Å². The smallest absolute Gasteiger partial charge is 0.251 e. The first-order chi connectivity index (χ1) is 9.63. The van der Waals surface area contributed by atoms with Crippen LogP contribution >= 0.6 is 0 Å². The van der Waals surface area contributed by atoms with E-state index in [1.165, 1.54) is 0 Å². The summed E-state index contributed by atoms with van der Waals surface area (Å²) < 4.78 is 5.43. The van der Waals surface area contributed by atoms with Crippen molar-refractivity contribution in [3.8, 4) is 5.75 Å². The Kier molecular flexibility index (Phi) is 3.34. The second-order valence-corrected chi connectivity index (χ2v) is 5.40. The highest BCUT2D eigenvalue weighted by molar-refractivity contribution is 5.95. The number of hydrogen-bond donors (Lipinski definition) is 1. The van der Waals surface area contributed by atoms with Crippen LogP contribution in [0.2, 0.25) is 0 Å². The summed E-state index contributed by atoms with van der Waals surface area (Å²) in [5.41, 5.74) is 1.75. The summed E-state index contributed by atoms with van der Waals surface area (Å²) in [6.45, 7) is 1.27. The van der Waals surface area contributed by atoms with Crippen LogP contribution in [0.5, 0.6) is 5.75 Å². The predicted molar refractivity (Wildman–Crippen MR) is 73.8 cm³/mol. The van der Waals surface area contributed by atoms with Gasteiger partial charge < -0.3 is 15.0 Å². The molecule has 106 valence electrons. The molecule has 3 rings (SSSR count). The van der Waals surface area contributed by atoms with Crippen molar-refractivity contribution in [3.63, 3.8) is 0 Å². The molecule has 1 N–H and O–H groups in total. The summed E-state index contributed by atoms with van der Waals surface area (Å²) in [7, 11) is 1.77. The van der Waals surface area contributed by atoms with Crippen molar-refractivity contribution in [3.05, 3.63) is 29.3 Å². The van der Waals surface area contributed by atoms with Crippen molar-refractivity contribution >= 4 is 11.8 Å². The topological polar surface area (TPSA) is 58.6 Å². The molecule has 1 aromatic carbocycles. The van der Waals surface area contributed by atoms with E-state index in [-0.39, 0.29) is 17.9 Å². The van der Waals surface area contributed by atoms with Crippen molar-refractivity contribution in [2.75, 3.05) is 20.2 Å². The number of likely N-dealkylation sites (N-methyl/N-ethyl adjacent to an activating group) is 1. The molecule has 1 atom stereocenters. The maximum atomic E-state index is 12.2. The van der Waals surface area contributed by atoms with Gasteiger partial charge in [0.25, 0.3) is 5.91 Å². The van der Waals surface area contributed by atoms with Crippen LogP contribution in [-0.4, -0.2) is 43.0 Å². The number of likely N-dealkylation sites (tertiary alicyclic amines) is 1. The van der Waals surface area contributed by atoms with Gasteiger partial charge in [-0.25, -0.2) is 0 Å². The molecule has 2 aliphatic heterocycles. The van der Waals surface area contributed by atoms with E-state index in [1.807, 2.05) is 12.1 Å². The summed E-state index contributed by atoms with van der Waals surface area (Å²) >= 11 is 0. The highest BCUT2D eigenvalue weighted by atomic mass is 16.5. The lowest BCUT2D eigenvalue weighted by molar-refractivity contribution is -0.132. The Balaban J connectivity index is 1.66. The standard InChI is InChI=1S/C15H18N2O3/c1-17-9-12(3-5-14(17)18)16-15(19)11-2-4-13-10(8-11)6-7-20-13/h2,4,8,12H,3,5-7,9H2,1H3,(H,16,19). The van der Waals surface area contributed by atoms with Crippen molar-refractivity contribution in [2.24, 2.45) is 0 Å². The van der Waals surface area contributed by atoms with Gasteiger partial charge in [-0.05, 0) is 30.2 Å². The number of carbonyl (C=O) groups excluding carboxylic acids is 2. The number of ether oxygens (including phenoxy) is 1. The Hall–Kier alpha value is -2.04. The average Bonchev–Trinajstić information content (AvgIpc) is 2.90. The zero-order chi connectivity index (χ0) is 14.1. The van der Waals surface area contributed by atoms with Crippen LogP contribution in [0, 0.1) is 0 Å². The molecule has 1 fully saturated rings. The van der Waals surface area contributed by atoms with E-state index in [4.69, 9.17) is 4.74 Å². The molecule has 5 nitrogen and oxygen atoms in total. The van der Waals surface area contributed by atoms with E-state index in [2.05, 4.69) is 5.32 Å². The van der Waals surface area contributed by atoms with Crippen molar-refractivity contribution in [2.45, 2.75) is 25.3 Å². The number of rotatable bonds is 2. The Morgan fingerprint density at radius 2 is 2.25 bits per heavy atom. The molecule has 0 radical (unpaired) electrons. The van der Waals surface area contributed by atoms with E-state index < -0.39 is 0 Å². The summed E-state index contributed by atoms with van der Waals surface area (Å²) in [6, 6.07) is 5.58. The average molecular weight is 274 g/mol. The third-order valence-corrected chi connectivity index (χ3v) is 3.91. The largest absolute Gasteiger partial charge is 0.493 e. The van der Waals surface area contributed by atoms with Gasteiger partial charge >= 0.3 is 0 Å². The van der Waals surface area contributed by atoms with E-state index in [0.717, 1.165) is 17.7 Å². The molecule has 0 saturated carbocycles. The Morgan fingerprint density at radius 3 is 3.05 bits per heavy atom. The van der Waals surface area contributed by atoms with E-state index >= 15 is 0 Å². The van der Waals surface area contributed by atoms with Gasteiger partial charge in [0, 0.05) is 38.0 Å². The molecule has 0 aromatic heterocycles. The first-order valence-corrected chi connectivity index (χ1v) is 6.94. The number of carbonyl (C=O) groups is 2. The van der Waals surface area contributed by atoms with Crippen molar-refractivity contribution in [1.82, 2.24) is 10.2 Å². The fourth-order valence-electron chi connectivity index (χ4n) is 2.73. The second kappa shape index (κ2) is 5.15. The van der Waals surface area contributed by atoms with Crippen LogP contribution in [0.3, 0.4) is 0 Å². The lowest BCUT2D eigenvalue weighted by atomic mass is 10.0. The number of fused-ring (bicyclic) bond motifs is 1. The predicted octanol–water partition coefficient (Wildman–Crippen LogP) is 0.972. The summed E-state index contributed by atoms with van der Waals surface area (Å²) in [5.74, 6) is 0.946. The quantitative estimate of drug-likeness (QED) is 0.874. The minimum Gasteiger partial charge on any atom is -0.493 e. The number of nitrogens with zero attached hydrogens (tertiary/aromatic N) is 1. The summed E-state index contributed by atoms with van der Waals surface area (Å²) in [6.07, 6.45) is 2.07. The Bertz CT molecular complexity index is 556. The first-order valence-electron chi connectivity index (χ1n) is 6.94. The maximum Gasteiger partial charge on any atom is 0.251 e. The van der Waals surface area contributed by atoms with Crippen LogP contribution in [0.25, 0.3) is 0 Å². The number of piperidine rings is 1. The highest BCUT2D eigenvalue weighted by Crippen LogP contribution is 2.25. The van der Waals surface area contributed by atoms with Gasteiger partial charge in [-0.3, -0.25) is 9.59 Å². The molecule has 1 unspecified atom stereocenters. The monoisotopic (exact) mass is 274 g/mol. The molecular weight excluding hydrogens is 256 g/mol. The van der Waals surface area contributed by atoms with E-state index in [0.29, 0.717) is 31.6 Å². The summed E-state index contributed by atoms with van der Waals surface area (Å²) in [4.78, 5) is 25.3. The van der Waals surface area contributed by atoms with Crippen LogP contribution in [0.4, 0.5) is 0 Å². The molecule has 1 aromatic rings. The van der Waals surface area contributed by atoms with Crippen LogP contribution < -0.4 is 10.1 Å². The Morgan fingerprint density at radius 1 is 1.40 bits per heavy atom. The fourth-order valence-corrected chi connectivity index (χ4v) is 2.73. The molecule has 2 aliphatic rings. The van der Waals surface area contributed by atoms with Crippen molar-refractivity contribution < 1.29 is 14.3 Å². The number of hydrogen-bond acceptors (Lipinski definition) is 3. The minimum absolute atomic E-state index is 0.0368. The highest BCUT2D eigenvalue weighted by Gasteiger charge is 2.24. The summed E-state index contributed by atoms with van der Waals surface area (Å²) in [5, 5.41) is 3.00. The van der Waals surface area contributed by atoms with Crippen LogP contribution in [0.15, 0.2) is 18.2 Å². The molecule has 5 heteroatoms. The second-order valence-electron chi connectivity index (χ2n) is 5.40. The van der Waals surface area contributed by atoms with Gasteiger partial charge in [-0.2, -0.15) is 0 Å². The molecule has 2 amide bonds. The third-order valence-electron chi connectivity index (χ3n) is 3.91. The van der Waals surface area contributed by atoms with Gasteiger partial charge in [-0.1, -0.05) is 0 Å². The van der Waals surface area contributed by atoms with E-state index in [9.17, 15) is 9.59 Å². The van der Waals surface area contributed by atoms with Crippen molar-refractivity contribution in [1.29, 1.82) is 0 Å². The minimum atomic E-state index is -0.0764. The lowest BCUT2D eigenvalue weighted by Crippen LogP contribution is -2.48. The van der Waals surface area contributed by atoms with Gasteiger partial charge in [0.05, 0.1) is 6.61 Å². The normalized spacial score (nSPS) is 21.4. The number of amides is 2. The molecule has 0 aliphatic carbocycles. The first kappa shape index (κ1) is 13.0. The maximum absolute atomic E-state index is 12.2. The molecule has 0 bridgehead atoms. The van der Waals surface area contributed by atoms with Gasteiger partial charge in [0.2, 0.25) is 5.91 Å². The SMILES string of the molecule is CN1CC(NC(=O)c2ccc3c(c2)CCO3)CCC1=O. The van der Waals surface area contributed by atoms with Gasteiger partial charge in [0.15, 0.2) is 0 Å². The van der Waals surface area contributed by atoms with Crippen LogP contribution in [-0.2, 0) is 11.2 Å². The fraction of sp³-hybridized carbons (Fsp3) is 0.467. The Labute approximate surface area is 117 Å². The van der Waals surface area contributed by atoms with E-state index in [1.54, 1.807) is 18.0 Å².